The van der Waals surface area contributed by atoms with Gasteiger partial charge in [-0.25, -0.2) is 9.78 Å². The Morgan fingerprint density at radius 1 is 1.00 bits per heavy atom. The Hall–Kier alpha value is -3.19. The molecule has 0 unspecified atom stereocenters. The molecule has 0 bridgehead atoms. The second-order valence-electron chi connectivity index (χ2n) is 5.66. The average Bonchev–Trinajstić information content (AvgIpc) is 3.08. The van der Waals surface area contributed by atoms with Gasteiger partial charge in [0.1, 0.15) is 0 Å². The van der Waals surface area contributed by atoms with Gasteiger partial charge in [-0.15, -0.1) is 11.3 Å². The number of urea groups is 1. The van der Waals surface area contributed by atoms with Gasteiger partial charge in [0.15, 0.2) is 5.13 Å². The highest BCUT2D eigenvalue weighted by Crippen LogP contribution is 2.21. The molecule has 0 aliphatic rings. The zero-order valence-electron chi connectivity index (χ0n) is 13.9. The second-order valence-corrected chi connectivity index (χ2v) is 6.78. The van der Waals surface area contributed by atoms with Gasteiger partial charge in [0, 0.05) is 29.6 Å². The predicted molar refractivity (Wildman–Crippen MR) is 102 cm³/mol. The summed E-state index contributed by atoms with van der Waals surface area (Å²) in [5.41, 5.74) is 7.62. The van der Waals surface area contributed by atoms with E-state index in [2.05, 4.69) is 27.8 Å². The number of primary amides is 1. The lowest BCUT2D eigenvalue weighted by molar-refractivity contribution is 0.102. The van der Waals surface area contributed by atoms with E-state index in [1.807, 2.05) is 18.2 Å². The molecule has 0 saturated carbocycles. The Labute approximate surface area is 155 Å². The molecule has 3 rings (SSSR count). The Balaban J connectivity index is 1.58. The Bertz CT molecular complexity index is 891. The molecule has 3 aromatic rings. The van der Waals surface area contributed by atoms with Crippen molar-refractivity contribution in [3.05, 3.63) is 82.4 Å². The first kappa shape index (κ1) is 17.6. The van der Waals surface area contributed by atoms with E-state index in [0.29, 0.717) is 17.2 Å². The van der Waals surface area contributed by atoms with Crippen LogP contribution in [0.1, 0.15) is 26.4 Å². The van der Waals surface area contributed by atoms with Crippen molar-refractivity contribution in [3.63, 3.8) is 0 Å². The van der Waals surface area contributed by atoms with Crippen LogP contribution < -0.4 is 16.4 Å². The maximum Gasteiger partial charge on any atom is 0.312 e. The van der Waals surface area contributed by atoms with E-state index >= 15 is 0 Å². The monoisotopic (exact) mass is 366 g/mol. The zero-order chi connectivity index (χ0) is 18.4. The van der Waals surface area contributed by atoms with Crippen molar-refractivity contribution in [3.8, 4) is 0 Å². The van der Waals surface area contributed by atoms with E-state index in [4.69, 9.17) is 5.73 Å². The first-order chi connectivity index (χ1) is 12.6. The number of nitrogens with two attached hydrogens (primary N) is 1. The molecule has 0 saturated heterocycles. The third kappa shape index (κ3) is 4.90. The molecule has 4 N–H and O–H groups in total. The van der Waals surface area contributed by atoms with E-state index in [9.17, 15) is 9.59 Å². The lowest BCUT2D eigenvalue weighted by Gasteiger charge is -2.05. The van der Waals surface area contributed by atoms with E-state index in [0.717, 1.165) is 16.9 Å². The molecule has 0 atom stereocenters. The molecule has 2 aromatic carbocycles. The average molecular weight is 366 g/mol. The van der Waals surface area contributed by atoms with Gasteiger partial charge in [0.25, 0.3) is 5.91 Å². The SMILES string of the molecule is NC(=O)NCc1ccc(C(=O)Nc2ncc(Cc3ccccc3)s2)cc1. The third-order valence-corrected chi connectivity index (χ3v) is 4.59. The number of carbonyl (C=O) groups excluding carboxylic acids is 2. The van der Waals surface area contributed by atoms with Crippen LogP contribution in [0.3, 0.4) is 0 Å². The van der Waals surface area contributed by atoms with E-state index < -0.39 is 6.03 Å². The maximum atomic E-state index is 12.3. The predicted octanol–water partition coefficient (Wildman–Crippen LogP) is 3.15. The van der Waals surface area contributed by atoms with Crippen molar-refractivity contribution in [2.75, 3.05) is 5.32 Å². The standard InChI is InChI=1S/C19H18N4O2S/c20-18(25)21-11-14-6-8-15(9-7-14)17(24)23-19-22-12-16(26-19)10-13-4-2-1-3-5-13/h1-9,12H,10-11H2,(H3,20,21,25)(H,22,23,24). The van der Waals surface area contributed by atoms with E-state index in [1.165, 1.54) is 16.9 Å². The molecular weight excluding hydrogens is 348 g/mol. The smallest absolute Gasteiger partial charge is 0.312 e. The molecular formula is C19H18N4O2S. The highest BCUT2D eigenvalue weighted by Gasteiger charge is 2.09. The summed E-state index contributed by atoms with van der Waals surface area (Å²) in [5, 5.41) is 5.89. The van der Waals surface area contributed by atoms with Crippen LogP contribution in [0.5, 0.6) is 0 Å². The quantitative estimate of drug-likeness (QED) is 0.625. The number of nitrogens with one attached hydrogen (secondary N) is 2. The summed E-state index contributed by atoms with van der Waals surface area (Å²) in [6, 6.07) is 16.5. The largest absolute Gasteiger partial charge is 0.352 e. The number of hydrogen-bond acceptors (Lipinski definition) is 4. The maximum absolute atomic E-state index is 12.3. The number of thiazole rings is 1. The zero-order valence-corrected chi connectivity index (χ0v) is 14.8. The minimum absolute atomic E-state index is 0.222. The Morgan fingerprint density at radius 2 is 1.73 bits per heavy atom. The summed E-state index contributed by atoms with van der Waals surface area (Å²) in [6.45, 7) is 0.326. The number of carbonyl (C=O) groups is 2. The van der Waals surface area contributed by atoms with Crippen molar-refractivity contribution in [1.29, 1.82) is 0 Å². The Morgan fingerprint density at radius 3 is 2.42 bits per heavy atom. The number of amides is 3. The van der Waals surface area contributed by atoms with Gasteiger partial charge in [-0.3, -0.25) is 10.1 Å². The Kier molecular flexibility index (Phi) is 5.60. The molecule has 3 amide bonds. The molecule has 0 fully saturated rings. The summed E-state index contributed by atoms with van der Waals surface area (Å²) in [4.78, 5) is 28.4. The summed E-state index contributed by atoms with van der Waals surface area (Å²) < 4.78 is 0. The molecule has 0 aliphatic carbocycles. The summed E-state index contributed by atoms with van der Waals surface area (Å²) in [5.74, 6) is -0.222. The number of nitrogens with zero attached hydrogens (tertiary/aromatic N) is 1. The first-order valence-corrected chi connectivity index (χ1v) is 8.84. The summed E-state index contributed by atoms with van der Waals surface area (Å²) in [6.07, 6.45) is 2.57. The fourth-order valence-electron chi connectivity index (χ4n) is 2.38. The van der Waals surface area contributed by atoms with Crippen LogP contribution in [0, 0.1) is 0 Å². The normalized spacial score (nSPS) is 10.3. The molecule has 0 spiro atoms. The van der Waals surface area contributed by atoms with Crippen molar-refractivity contribution in [1.82, 2.24) is 10.3 Å². The van der Waals surface area contributed by atoms with Gasteiger partial charge < -0.3 is 11.1 Å². The molecule has 26 heavy (non-hydrogen) atoms. The number of rotatable bonds is 6. The lowest BCUT2D eigenvalue weighted by Crippen LogP contribution is -2.28. The number of aromatic nitrogens is 1. The van der Waals surface area contributed by atoms with E-state index in [-0.39, 0.29) is 5.91 Å². The molecule has 0 radical (unpaired) electrons. The van der Waals surface area contributed by atoms with Crippen molar-refractivity contribution < 1.29 is 9.59 Å². The molecule has 132 valence electrons. The van der Waals surface area contributed by atoms with Gasteiger partial charge >= 0.3 is 6.03 Å². The number of hydrogen-bond donors (Lipinski definition) is 3. The fourth-order valence-corrected chi connectivity index (χ4v) is 3.22. The van der Waals surface area contributed by atoms with E-state index in [1.54, 1.807) is 30.5 Å². The molecule has 6 nitrogen and oxygen atoms in total. The van der Waals surface area contributed by atoms with Crippen LogP contribution >= 0.6 is 11.3 Å². The van der Waals surface area contributed by atoms with Gasteiger partial charge in [0.2, 0.25) is 0 Å². The number of anilines is 1. The van der Waals surface area contributed by atoms with Crippen LogP contribution in [0.4, 0.5) is 9.93 Å². The van der Waals surface area contributed by atoms with Crippen LogP contribution in [-0.2, 0) is 13.0 Å². The minimum Gasteiger partial charge on any atom is -0.352 e. The lowest BCUT2D eigenvalue weighted by atomic mass is 10.1. The molecule has 1 aromatic heterocycles. The molecule has 7 heteroatoms. The second kappa shape index (κ2) is 8.26. The van der Waals surface area contributed by atoms with Gasteiger partial charge in [-0.1, -0.05) is 42.5 Å². The highest BCUT2D eigenvalue weighted by molar-refractivity contribution is 7.15. The number of benzene rings is 2. The highest BCUT2D eigenvalue weighted by atomic mass is 32.1. The topological polar surface area (TPSA) is 97.1 Å². The minimum atomic E-state index is -0.582. The van der Waals surface area contributed by atoms with Gasteiger partial charge in [0.05, 0.1) is 0 Å². The van der Waals surface area contributed by atoms with Crippen molar-refractivity contribution in [2.24, 2.45) is 5.73 Å². The molecule has 0 aliphatic heterocycles. The van der Waals surface area contributed by atoms with Crippen molar-refractivity contribution >= 4 is 28.4 Å². The van der Waals surface area contributed by atoms with Crippen LogP contribution in [-0.4, -0.2) is 16.9 Å². The van der Waals surface area contributed by atoms with Crippen LogP contribution in [0.15, 0.2) is 60.8 Å². The summed E-state index contributed by atoms with van der Waals surface area (Å²) >= 11 is 1.46. The van der Waals surface area contributed by atoms with Crippen LogP contribution in [0.2, 0.25) is 0 Å². The van der Waals surface area contributed by atoms with Crippen molar-refractivity contribution in [2.45, 2.75) is 13.0 Å². The summed E-state index contributed by atoms with van der Waals surface area (Å²) in [7, 11) is 0. The molecule has 1 heterocycles. The fraction of sp³-hybridized carbons (Fsp3) is 0.105. The third-order valence-electron chi connectivity index (χ3n) is 3.68. The van der Waals surface area contributed by atoms with Crippen LogP contribution in [0.25, 0.3) is 0 Å². The van der Waals surface area contributed by atoms with Gasteiger partial charge in [-0.2, -0.15) is 0 Å². The van der Waals surface area contributed by atoms with Gasteiger partial charge in [-0.05, 0) is 23.3 Å². The first-order valence-electron chi connectivity index (χ1n) is 8.02.